The molecule has 0 aromatic rings. The predicted molar refractivity (Wildman–Crippen MR) is 51.5 cm³/mol. The zero-order chi connectivity index (χ0) is 11.3. The smallest absolute Gasteiger partial charge is 0.393 e. The third-order valence-electron chi connectivity index (χ3n) is 2.93. The second-order valence-electron chi connectivity index (χ2n) is 4.07. The van der Waals surface area contributed by atoms with Crippen LogP contribution in [0.25, 0.3) is 0 Å². The lowest BCUT2D eigenvalue weighted by molar-refractivity contribution is -0.188. The molecule has 0 saturated heterocycles. The van der Waals surface area contributed by atoms with Crippen molar-refractivity contribution >= 4 is 0 Å². The van der Waals surface area contributed by atoms with Gasteiger partial charge in [-0.3, -0.25) is 0 Å². The fraction of sp³-hybridized carbons (Fsp3) is 1.00. The Bertz CT molecular complexity index is 184. The van der Waals surface area contributed by atoms with E-state index in [1.807, 2.05) is 0 Å². The molecule has 0 aromatic heterocycles. The Morgan fingerprint density at radius 1 is 1.20 bits per heavy atom. The van der Waals surface area contributed by atoms with E-state index in [0.29, 0.717) is 25.8 Å². The van der Waals surface area contributed by atoms with E-state index >= 15 is 0 Å². The van der Waals surface area contributed by atoms with Gasteiger partial charge >= 0.3 is 6.18 Å². The minimum absolute atomic E-state index is 0.0242. The molecule has 0 amide bonds. The Hall–Kier alpha value is -0.290. The Morgan fingerprint density at radius 3 is 2.47 bits per heavy atom. The number of hydrogen-bond donors (Lipinski definition) is 2. The lowest BCUT2D eigenvalue weighted by Gasteiger charge is -2.33. The molecular weight excluding hydrogens is 207 g/mol. The Balaban J connectivity index is 2.43. The summed E-state index contributed by atoms with van der Waals surface area (Å²) < 4.78 is 37.8. The quantitative estimate of drug-likeness (QED) is 0.718. The molecule has 0 aliphatic heterocycles. The van der Waals surface area contributed by atoms with Gasteiger partial charge in [-0.25, -0.2) is 0 Å². The molecule has 2 N–H and O–H groups in total. The van der Waals surface area contributed by atoms with Gasteiger partial charge in [0.15, 0.2) is 0 Å². The minimum Gasteiger partial charge on any atom is -0.396 e. The molecule has 1 saturated carbocycles. The summed E-state index contributed by atoms with van der Waals surface area (Å²) in [6.45, 7) is 0.490. The fourth-order valence-electron chi connectivity index (χ4n) is 2.13. The maximum Gasteiger partial charge on any atom is 0.393 e. The van der Waals surface area contributed by atoms with Gasteiger partial charge in [0, 0.05) is 12.6 Å². The van der Waals surface area contributed by atoms with Crippen molar-refractivity contribution in [2.45, 2.75) is 44.3 Å². The lowest BCUT2D eigenvalue weighted by Crippen LogP contribution is -2.45. The van der Waals surface area contributed by atoms with Crippen LogP contribution in [0.3, 0.4) is 0 Å². The summed E-state index contributed by atoms with van der Waals surface area (Å²) in [5.74, 6) is -1.20. The summed E-state index contributed by atoms with van der Waals surface area (Å²) in [6.07, 6.45) is -1.21. The van der Waals surface area contributed by atoms with Crippen molar-refractivity contribution in [2.24, 2.45) is 5.92 Å². The van der Waals surface area contributed by atoms with Crippen molar-refractivity contribution < 1.29 is 18.3 Å². The largest absolute Gasteiger partial charge is 0.396 e. The van der Waals surface area contributed by atoms with E-state index in [1.165, 1.54) is 0 Å². The topological polar surface area (TPSA) is 32.3 Å². The van der Waals surface area contributed by atoms with Crippen LogP contribution in [0.15, 0.2) is 0 Å². The number of alkyl halides is 3. The van der Waals surface area contributed by atoms with Crippen LogP contribution < -0.4 is 5.32 Å². The molecule has 2 unspecified atom stereocenters. The number of rotatable bonds is 4. The van der Waals surface area contributed by atoms with E-state index in [0.717, 1.165) is 6.42 Å². The first-order chi connectivity index (χ1) is 7.05. The van der Waals surface area contributed by atoms with Crippen LogP contribution in [0.2, 0.25) is 0 Å². The summed E-state index contributed by atoms with van der Waals surface area (Å²) in [4.78, 5) is 0. The zero-order valence-electron chi connectivity index (χ0n) is 8.69. The molecular formula is C10H18F3NO. The SMILES string of the molecule is OCCCNC1CCCCC1C(F)(F)F. The molecule has 1 aliphatic rings. The van der Waals surface area contributed by atoms with Crippen LogP contribution in [-0.4, -0.2) is 30.5 Å². The number of aliphatic hydroxyl groups is 1. The fourth-order valence-corrected chi connectivity index (χ4v) is 2.13. The molecule has 0 radical (unpaired) electrons. The molecule has 15 heavy (non-hydrogen) atoms. The number of halogens is 3. The van der Waals surface area contributed by atoms with Crippen LogP contribution in [0.4, 0.5) is 13.2 Å². The first-order valence-electron chi connectivity index (χ1n) is 5.46. The van der Waals surface area contributed by atoms with E-state index in [2.05, 4.69) is 5.32 Å². The van der Waals surface area contributed by atoms with Gasteiger partial charge in [-0.05, 0) is 25.8 Å². The van der Waals surface area contributed by atoms with E-state index in [1.54, 1.807) is 0 Å². The molecule has 0 bridgehead atoms. The third-order valence-corrected chi connectivity index (χ3v) is 2.93. The third kappa shape index (κ3) is 3.99. The highest BCUT2D eigenvalue weighted by molar-refractivity contribution is 4.85. The van der Waals surface area contributed by atoms with E-state index in [-0.39, 0.29) is 13.0 Å². The van der Waals surface area contributed by atoms with Crippen molar-refractivity contribution in [1.29, 1.82) is 0 Å². The van der Waals surface area contributed by atoms with Crippen LogP contribution in [0, 0.1) is 5.92 Å². The summed E-state index contributed by atoms with van der Waals surface area (Å²) in [6, 6.07) is -0.453. The molecule has 0 aromatic carbocycles. The predicted octanol–water partition coefficient (Wildman–Crippen LogP) is 2.08. The molecule has 0 spiro atoms. The first-order valence-corrected chi connectivity index (χ1v) is 5.46. The second kappa shape index (κ2) is 5.70. The summed E-state index contributed by atoms with van der Waals surface area (Å²) in [5.41, 5.74) is 0. The van der Waals surface area contributed by atoms with Gasteiger partial charge in [-0.15, -0.1) is 0 Å². The highest BCUT2D eigenvalue weighted by Crippen LogP contribution is 2.37. The van der Waals surface area contributed by atoms with Crippen molar-refractivity contribution in [2.75, 3.05) is 13.2 Å². The molecule has 90 valence electrons. The van der Waals surface area contributed by atoms with Crippen LogP contribution >= 0.6 is 0 Å². The van der Waals surface area contributed by atoms with Crippen molar-refractivity contribution in [3.8, 4) is 0 Å². The highest BCUT2D eigenvalue weighted by atomic mass is 19.4. The van der Waals surface area contributed by atoms with Gasteiger partial charge in [0.05, 0.1) is 5.92 Å². The van der Waals surface area contributed by atoms with Crippen LogP contribution in [-0.2, 0) is 0 Å². The molecule has 1 rings (SSSR count). The van der Waals surface area contributed by atoms with Crippen LogP contribution in [0.1, 0.15) is 32.1 Å². The first kappa shape index (κ1) is 12.8. The molecule has 1 aliphatic carbocycles. The van der Waals surface area contributed by atoms with Crippen molar-refractivity contribution in [3.05, 3.63) is 0 Å². The number of hydrogen-bond acceptors (Lipinski definition) is 2. The lowest BCUT2D eigenvalue weighted by atomic mass is 9.84. The standard InChI is InChI=1S/C10H18F3NO/c11-10(12,13)8-4-1-2-5-9(8)14-6-3-7-15/h8-9,14-15H,1-7H2. The molecule has 2 atom stereocenters. The van der Waals surface area contributed by atoms with Gasteiger partial charge in [0.25, 0.3) is 0 Å². The summed E-state index contributed by atoms with van der Waals surface area (Å²) >= 11 is 0. The maximum atomic E-state index is 12.6. The Kier molecular flexibility index (Phi) is 4.86. The second-order valence-corrected chi connectivity index (χ2v) is 4.07. The van der Waals surface area contributed by atoms with E-state index in [9.17, 15) is 13.2 Å². The van der Waals surface area contributed by atoms with Gasteiger partial charge in [-0.2, -0.15) is 13.2 Å². The number of aliphatic hydroxyl groups excluding tert-OH is 1. The highest BCUT2D eigenvalue weighted by Gasteiger charge is 2.45. The summed E-state index contributed by atoms with van der Waals surface area (Å²) in [7, 11) is 0. The van der Waals surface area contributed by atoms with E-state index < -0.39 is 18.1 Å². The van der Waals surface area contributed by atoms with Gasteiger partial charge in [0.1, 0.15) is 0 Å². The average Bonchev–Trinajstić information content (AvgIpc) is 2.17. The molecule has 0 heterocycles. The van der Waals surface area contributed by atoms with Gasteiger partial charge in [0.2, 0.25) is 0 Å². The average molecular weight is 225 g/mol. The molecule has 5 heteroatoms. The van der Waals surface area contributed by atoms with Crippen molar-refractivity contribution in [3.63, 3.8) is 0 Å². The van der Waals surface area contributed by atoms with Crippen LogP contribution in [0.5, 0.6) is 0 Å². The number of nitrogens with one attached hydrogen (secondary N) is 1. The Labute approximate surface area is 87.9 Å². The molecule has 2 nitrogen and oxygen atoms in total. The minimum atomic E-state index is -4.09. The van der Waals surface area contributed by atoms with Crippen molar-refractivity contribution in [1.82, 2.24) is 5.32 Å². The van der Waals surface area contributed by atoms with E-state index in [4.69, 9.17) is 5.11 Å². The monoisotopic (exact) mass is 225 g/mol. The molecule has 1 fully saturated rings. The van der Waals surface area contributed by atoms with Gasteiger partial charge < -0.3 is 10.4 Å². The maximum absolute atomic E-state index is 12.6. The Morgan fingerprint density at radius 2 is 1.87 bits per heavy atom. The zero-order valence-corrected chi connectivity index (χ0v) is 8.69. The normalized spacial score (nSPS) is 28.0. The van der Waals surface area contributed by atoms with Gasteiger partial charge in [-0.1, -0.05) is 12.8 Å². The summed E-state index contributed by atoms with van der Waals surface area (Å²) in [5, 5.41) is 11.5.